The summed E-state index contributed by atoms with van der Waals surface area (Å²) in [4.78, 5) is 22.4. The maximum absolute atomic E-state index is 12.1. The van der Waals surface area contributed by atoms with Gasteiger partial charge in [0.1, 0.15) is 6.10 Å². The van der Waals surface area contributed by atoms with Crippen molar-refractivity contribution in [3.05, 3.63) is 81.9 Å². The molecule has 0 bridgehead atoms. The first-order chi connectivity index (χ1) is 11.6. The lowest BCUT2D eigenvalue weighted by Gasteiger charge is -2.13. The molecule has 0 fully saturated rings. The molecule has 1 atom stereocenters. The Labute approximate surface area is 139 Å². The minimum atomic E-state index is -0.623. The van der Waals surface area contributed by atoms with Gasteiger partial charge in [-0.1, -0.05) is 36.4 Å². The number of nitro groups is 1. The van der Waals surface area contributed by atoms with Crippen LogP contribution in [0.15, 0.2) is 60.7 Å². The first kappa shape index (κ1) is 17.4. The molecule has 6 nitrogen and oxygen atoms in total. The maximum Gasteiger partial charge on any atom is 0.338 e. The number of aliphatic hydroxyl groups is 1. The SMILES string of the molecule is O=C(O[C@@H](/C=C/c1cccc([N+](=O)[O-])c1)CCO)c1ccccc1. The second-order valence-corrected chi connectivity index (χ2v) is 5.03. The monoisotopic (exact) mass is 327 g/mol. The third-order valence-corrected chi connectivity index (χ3v) is 3.27. The summed E-state index contributed by atoms with van der Waals surface area (Å²) in [5.74, 6) is -0.488. The number of hydrogen-bond acceptors (Lipinski definition) is 5. The molecule has 0 saturated heterocycles. The number of nitrogens with zero attached hydrogens (tertiary/aromatic N) is 1. The van der Waals surface area contributed by atoms with Crippen molar-refractivity contribution in [3.8, 4) is 0 Å². The molecule has 6 heteroatoms. The van der Waals surface area contributed by atoms with E-state index in [2.05, 4.69) is 0 Å². The zero-order valence-electron chi connectivity index (χ0n) is 12.9. The summed E-state index contributed by atoms with van der Waals surface area (Å²) in [5.41, 5.74) is 1.02. The molecule has 2 rings (SSSR count). The molecule has 124 valence electrons. The van der Waals surface area contributed by atoms with Crippen molar-refractivity contribution in [1.29, 1.82) is 0 Å². The first-order valence-corrected chi connectivity index (χ1v) is 7.39. The molecule has 2 aromatic rings. The molecule has 0 aliphatic heterocycles. The van der Waals surface area contributed by atoms with E-state index in [1.54, 1.807) is 54.6 Å². The topological polar surface area (TPSA) is 89.7 Å². The van der Waals surface area contributed by atoms with E-state index < -0.39 is 17.0 Å². The quantitative estimate of drug-likeness (QED) is 0.479. The zero-order valence-corrected chi connectivity index (χ0v) is 12.9. The molecule has 0 aliphatic rings. The fraction of sp³-hybridized carbons (Fsp3) is 0.167. The molecule has 0 aromatic heterocycles. The average Bonchev–Trinajstić information content (AvgIpc) is 2.61. The summed E-state index contributed by atoms with van der Waals surface area (Å²) in [5, 5.41) is 19.9. The van der Waals surface area contributed by atoms with E-state index in [9.17, 15) is 14.9 Å². The Bertz CT molecular complexity index is 727. The number of carbonyl (C=O) groups is 1. The highest BCUT2D eigenvalue weighted by atomic mass is 16.6. The van der Waals surface area contributed by atoms with Crippen molar-refractivity contribution in [3.63, 3.8) is 0 Å². The van der Waals surface area contributed by atoms with Crippen LogP contribution in [0.2, 0.25) is 0 Å². The van der Waals surface area contributed by atoms with Gasteiger partial charge in [-0.3, -0.25) is 10.1 Å². The molecule has 0 unspecified atom stereocenters. The highest BCUT2D eigenvalue weighted by molar-refractivity contribution is 5.89. The number of benzene rings is 2. The third kappa shape index (κ3) is 5.03. The van der Waals surface area contributed by atoms with Gasteiger partial charge in [0.2, 0.25) is 0 Å². The van der Waals surface area contributed by atoms with Crippen molar-refractivity contribution in [2.45, 2.75) is 12.5 Å². The Morgan fingerprint density at radius 3 is 2.62 bits per heavy atom. The molecular weight excluding hydrogens is 310 g/mol. The van der Waals surface area contributed by atoms with Crippen LogP contribution in [0.25, 0.3) is 6.08 Å². The molecular formula is C18H17NO5. The Morgan fingerprint density at radius 1 is 1.21 bits per heavy atom. The summed E-state index contributed by atoms with van der Waals surface area (Å²) in [6.07, 6.45) is 2.85. The molecule has 0 radical (unpaired) electrons. The van der Waals surface area contributed by atoms with Gasteiger partial charge in [-0.2, -0.15) is 0 Å². The van der Waals surface area contributed by atoms with E-state index in [4.69, 9.17) is 9.84 Å². The minimum Gasteiger partial charge on any atom is -0.454 e. The molecule has 0 heterocycles. The van der Waals surface area contributed by atoms with Gasteiger partial charge < -0.3 is 9.84 Å². The Kier molecular flexibility index (Phi) is 6.22. The van der Waals surface area contributed by atoms with E-state index in [1.165, 1.54) is 12.1 Å². The molecule has 0 aliphatic carbocycles. The van der Waals surface area contributed by atoms with Crippen LogP contribution in [0, 0.1) is 10.1 Å². The number of esters is 1. The van der Waals surface area contributed by atoms with E-state index in [1.807, 2.05) is 0 Å². The van der Waals surface area contributed by atoms with Crippen LogP contribution in [-0.2, 0) is 4.74 Å². The van der Waals surface area contributed by atoms with E-state index in [0.717, 1.165) is 0 Å². The summed E-state index contributed by atoms with van der Waals surface area (Å²) in [6.45, 7) is -0.147. The number of aliphatic hydroxyl groups excluding tert-OH is 1. The van der Waals surface area contributed by atoms with Crippen molar-refractivity contribution in [2.24, 2.45) is 0 Å². The van der Waals surface area contributed by atoms with E-state index in [0.29, 0.717) is 11.1 Å². The third-order valence-electron chi connectivity index (χ3n) is 3.27. The summed E-state index contributed by atoms with van der Waals surface area (Å²) < 4.78 is 5.36. The van der Waals surface area contributed by atoms with Crippen LogP contribution in [-0.4, -0.2) is 28.7 Å². The van der Waals surface area contributed by atoms with Crippen molar-refractivity contribution >= 4 is 17.7 Å². The Hall–Kier alpha value is -2.99. The maximum atomic E-state index is 12.1. The van der Waals surface area contributed by atoms with Gasteiger partial charge in [-0.25, -0.2) is 4.79 Å². The smallest absolute Gasteiger partial charge is 0.338 e. The Morgan fingerprint density at radius 2 is 1.96 bits per heavy atom. The lowest BCUT2D eigenvalue weighted by Crippen LogP contribution is -2.17. The second kappa shape index (κ2) is 8.59. The van der Waals surface area contributed by atoms with Gasteiger partial charge in [-0.05, 0) is 23.8 Å². The summed E-state index contributed by atoms with van der Waals surface area (Å²) in [7, 11) is 0. The Balaban J connectivity index is 2.09. The highest BCUT2D eigenvalue weighted by Crippen LogP contribution is 2.15. The fourth-order valence-electron chi connectivity index (χ4n) is 2.06. The normalized spacial score (nSPS) is 12.0. The lowest BCUT2D eigenvalue weighted by molar-refractivity contribution is -0.384. The molecule has 24 heavy (non-hydrogen) atoms. The molecule has 0 amide bonds. The number of non-ortho nitro benzene ring substituents is 1. The molecule has 2 aromatic carbocycles. The van der Waals surface area contributed by atoms with Crippen LogP contribution < -0.4 is 0 Å². The molecule has 1 N–H and O–H groups in total. The minimum absolute atomic E-state index is 0.0165. The van der Waals surface area contributed by atoms with Gasteiger partial charge in [0.05, 0.1) is 10.5 Å². The van der Waals surface area contributed by atoms with Gasteiger partial charge in [0, 0.05) is 25.2 Å². The predicted molar refractivity (Wildman–Crippen MR) is 89.5 cm³/mol. The van der Waals surface area contributed by atoms with Crippen molar-refractivity contribution in [2.75, 3.05) is 6.61 Å². The van der Waals surface area contributed by atoms with Crippen molar-refractivity contribution in [1.82, 2.24) is 0 Å². The van der Waals surface area contributed by atoms with Gasteiger partial charge >= 0.3 is 5.97 Å². The van der Waals surface area contributed by atoms with Crippen LogP contribution >= 0.6 is 0 Å². The number of hydrogen-bond donors (Lipinski definition) is 1. The second-order valence-electron chi connectivity index (χ2n) is 5.03. The number of ether oxygens (including phenoxy) is 1. The van der Waals surface area contributed by atoms with E-state index >= 15 is 0 Å². The van der Waals surface area contributed by atoms with Gasteiger partial charge in [-0.15, -0.1) is 0 Å². The summed E-state index contributed by atoms with van der Waals surface area (Å²) in [6, 6.07) is 14.7. The van der Waals surface area contributed by atoms with E-state index in [-0.39, 0.29) is 18.7 Å². The number of carbonyl (C=O) groups excluding carboxylic acids is 1. The average molecular weight is 327 g/mol. The lowest BCUT2D eigenvalue weighted by atomic mass is 10.1. The molecule has 0 saturated carbocycles. The van der Waals surface area contributed by atoms with Crippen LogP contribution in [0.5, 0.6) is 0 Å². The van der Waals surface area contributed by atoms with Gasteiger partial charge in [0.15, 0.2) is 0 Å². The van der Waals surface area contributed by atoms with Gasteiger partial charge in [0.25, 0.3) is 5.69 Å². The van der Waals surface area contributed by atoms with Crippen molar-refractivity contribution < 1.29 is 19.6 Å². The summed E-state index contributed by atoms with van der Waals surface area (Å²) >= 11 is 0. The number of rotatable bonds is 7. The first-order valence-electron chi connectivity index (χ1n) is 7.39. The van der Waals surface area contributed by atoms with Crippen LogP contribution in [0.4, 0.5) is 5.69 Å². The number of nitro benzene ring substituents is 1. The van der Waals surface area contributed by atoms with Crippen LogP contribution in [0.1, 0.15) is 22.3 Å². The zero-order chi connectivity index (χ0) is 17.4. The molecule has 0 spiro atoms. The van der Waals surface area contributed by atoms with Crippen LogP contribution in [0.3, 0.4) is 0 Å². The highest BCUT2D eigenvalue weighted by Gasteiger charge is 2.13. The predicted octanol–water partition coefficient (Wildman–Crippen LogP) is 3.22. The fourth-order valence-corrected chi connectivity index (χ4v) is 2.06. The standard InChI is InChI=1S/C18H17NO5/c20-12-11-17(24-18(21)15-6-2-1-3-7-15)10-9-14-5-4-8-16(13-14)19(22)23/h1-10,13,17,20H,11-12H2/b10-9+/t17-/m0/s1. The largest absolute Gasteiger partial charge is 0.454 e.